The van der Waals surface area contributed by atoms with E-state index in [1.807, 2.05) is 24.3 Å². The van der Waals surface area contributed by atoms with E-state index in [4.69, 9.17) is 4.74 Å². The molecule has 1 aliphatic heterocycles. The van der Waals surface area contributed by atoms with Crippen LogP contribution in [0.2, 0.25) is 0 Å². The van der Waals surface area contributed by atoms with Crippen LogP contribution in [0, 0.1) is 0 Å². The highest BCUT2D eigenvalue weighted by atomic mass is 79.9. The summed E-state index contributed by atoms with van der Waals surface area (Å²) in [5.74, 6) is 0. The van der Waals surface area contributed by atoms with Crippen LogP contribution in [0.5, 0.6) is 0 Å². The highest BCUT2D eigenvalue weighted by molar-refractivity contribution is 9.10. The molecule has 0 saturated carbocycles. The SMILES string of the molecule is COC1CCN(CCC(O)c2ccc(Br)cc2)CC1. The van der Waals surface area contributed by atoms with Crippen molar-refractivity contribution in [3.8, 4) is 0 Å². The average Bonchev–Trinajstić information content (AvgIpc) is 2.46. The summed E-state index contributed by atoms with van der Waals surface area (Å²) in [4.78, 5) is 2.41. The molecule has 3 nitrogen and oxygen atoms in total. The summed E-state index contributed by atoms with van der Waals surface area (Å²) in [6, 6.07) is 7.91. The van der Waals surface area contributed by atoms with Gasteiger partial charge in [-0.25, -0.2) is 0 Å². The molecule has 106 valence electrons. The monoisotopic (exact) mass is 327 g/mol. The van der Waals surface area contributed by atoms with Gasteiger partial charge in [-0.1, -0.05) is 28.1 Å². The minimum absolute atomic E-state index is 0.367. The molecule has 1 N–H and O–H groups in total. The first-order chi connectivity index (χ1) is 9.19. The molecular weight excluding hydrogens is 306 g/mol. The Morgan fingerprint density at radius 1 is 1.32 bits per heavy atom. The summed E-state index contributed by atoms with van der Waals surface area (Å²) in [5, 5.41) is 10.2. The molecule has 1 unspecified atom stereocenters. The van der Waals surface area contributed by atoms with Gasteiger partial charge >= 0.3 is 0 Å². The molecule has 1 aromatic rings. The van der Waals surface area contributed by atoms with Gasteiger partial charge in [0.1, 0.15) is 0 Å². The quantitative estimate of drug-likeness (QED) is 0.902. The molecule has 1 fully saturated rings. The lowest BCUT2D eigenvalue weighted by molar-refractivity contribution is 0.0361. The zero-order valence-electron chi connectivity index (χ0n) is 11.4. The van der Waals surface area contributed by atoms with E-state index in [1.165, 1.54) is 0 Å². The molecule has 0 spiro atoms. The Kier molecular flexibility index (Phi) is 5.82. The normalized spacial score (nSPS) is 19.5. The Labute approximate surface area is 123 Å². The smallest absolute Gasteiger partial charge is 0.0802 e. The third-order valence-corrected chi connectivity index (χ3v) is 4.37. The first-order valence-electron chi connectivity index (χ1n) is 6.87. The number of benzene rings is 1. The van der Waals surface area contributed by atoms with Crippen LogP contribution in [0.3, 0.4) is 0 Å². The Balaban J connectivity index is 1.75. The highest BCUT2D eigenvalue weighted by Gasteiger charge is 2.19. The van der Waals surface area contributed by atoms with E-state index in [1.54, 1.807) is 7.11 Å². The minimum Gasteiger partial charge on any atom is -0.388 e. The largest absolute Gasteiger partial charge is 0.388 e. The third kappa shape index (κ3) is 4.56. The molecule has 0 bridgehead atoms. The zero-order chi connectivity index (χ0) is 13.7. The molecule has 1 saturated heterocycles. The Bertz CT molecular complexity index is 374. The van der Waals surface area contributed by atoms with Crippen molar-refractivity contribution in [1.29, 1.82) is 0 Å². The fraction of sp³-hybridized carbons (Fsp3) is 0.600. The van der Waals surface area contributed by atoms with Gasteiger partial charge in [-0.05, 0) is 37.0 Å². The standard InChI is InChI=1S/C15H22BrNO2/c1-19-14-6-9-17(10-7-14)11-8-15(18)12-2-4-13(16)5-3-12/h2-5,14-15,18H,6-11H2,1H3. The summed E-state index contributed by atoms with van der Waals surface area (Å²) in [6.07, 6.45) is 3.05. The van der Waals surface area contributed by atoms with E-state index < -0.39 is 0 Å². The molecule has 0 aliphatic carbocycles. The maximum Gasteiger partial charge on any atom is 0.0802 e. The summed E-state index contributed by atoms with van der Waals surface area (Å²) in [7, 11) is 1.79. The predicted octanol–water partition coefficient (Wildman–Crippen LogP) is 2.98. The predicted molar refractivity (Wildman–Crippen MR) is 80.2 cm³/mol. The molecular formula is C15H22BrNO2. The lowest BCUT2D eigenvalue weighted by Crippen LogP contribution is -2.37. The van der Waals surface area contributed by atoms with Gasteiger partial charge in [-0.15, -0.1) is 0 Å². The number of hydrogen-bond donors (Lipinski definition) is 1. The summed E-state index contributed by atoms with van der Waals surface area (Å²) in [5.41, 5.74) is 0.995. The van der Waals surface area contributed by atoms with E-state index in [0.717, 1.165) is 48.9 Å². The number of piperidine rings is 1. The van der Waals surface area contributed by atoms with Gasteiger partial charge in [0.2, 0.25) is 0 Å². The molecule has 1 aliphatic rings. The number of rotatable bonds is 5. The third-order valence-electron chi connectivity index (χ3n) is 3.84. The second-order valence-corrected chi connectivity index (χ2v) is 6.05. The van der Waals surface area contributed by atoms with Gasteiger partial charge in [0.25, 0.3) is 0 Å². The number of methoxy groups -OCH3 is 1. The van der Waals surface area contributed by atoms with E-state index >= 15 is 0 Å². The van der Waals surface area contributed by atoms with Crippen molar-refractivity contribution in [3.05, 3.63) is 34.3 Å². The van der Waals surface area contributed by atoms with E-state index in [2.05, 4.69) is 20.8 Å². The van der Waals surface area contributed by atoms with Crippen molar-refractivity contribution in [1.82, 2.24) is 4.90 Å². The van der Waals surface area contributed by atoms with Crippen LogP contribution in [-0.4, -0.2) is 42.9 Å². The Morgan fingerprint density at radius 3 is 2.53 bits per heavy atom. The lowest BCUT2D eigenvalue weighted by atomic mass is 10.0. The lowest BCUT2D eigenvalue weighted by Gasteiger charge is -2.31. The maximum atomic E-state index is 10.2. The maximum absolute atomic E-state index is 10.2. The average molecular weight is 328 g/mol. The first-order valence-corrected chi connectivity index (χ1v) is 7.67. The number of aliphatic hydroxyl groups excluding tert-OH is 1. The van der Waals surface area contributed by atoms with Gasteiger partial charge in [0.15, 0.2) is 0 Å². The molecule has 0 aromatic heterocycles. The molecule has 19 heavy (non-hydrogen) atoms. The first kappa shape index (κ1) is 15.0. The molecule has 0 amide bonds. The number of hydrogen-bond acceptors (Lipinski definition) is 3. The van der Waals surface area contributed by atoms with E-state index in [0.29, 0.717) is 6.10 Å². The second-order valence-electron chi connectivity index (χ2n) is 5.13. The van der Waals surface area contributed by atoms with Crippen molar-refractivity contribution in [2.45, 2.75) is 31.5 Å². The van der Waals surface area contributed by atoms with Crippen molar-refractivity contribution < 1.29 is 9.84 Å². The van der Waals surface area contributed by atoms with Crippen molar-refractivity contribution in [3.63, 3.8) is 0 Å². The zero-order valence-corrected chi connectivity index (χ0v) is 13.0. The molecule has 0 radical (unpaired) electrons. The number of aliphatic hydroxyl groups is 1. The fourth-order valence-electron chi connectivity index (χ4n) is 2.53. The number of halogens is 1. The second kappa shape index (κ2) is 7.39. The van der Waals surface area contributed by atoms with Crippen LogP contribution in [0.15, 0.2) is 28.7 Å². The van der Waals surface area contributed by atoms with E-state index in [-0.39, 0.29) is 6.10 Å². The van der Waals surface area contributed by atoms with Crippen molar-refractivity contribution >= 4 is 15.9 Å². The van der Waals surface area contributed by atoms with Gasteiger partial charge in [-0.2, -0.15) is 0 Å². The van der Waals surface area contributed by atoms with Crippen LogP contribution >= 0.6 is 15.9 Å². The summed E-state index contributed by atoms with van der Waals surface area (Å²) < 4.78 is 6.41. The minimum atomic E-state index is -0.367. The van der Waals surface area contributed by atoms with Gasteiger partial charge in [-0.3, -0.25) is 0 Å². The molecule has 1 aromatic carbocycles. The topological polar surface area (TPSA) is 32.7 Å². The van der Waals surface area contributed by atoms with E-state index in [9.17, 15) is 5.11 Å². The summed E-state index contributed by atoms with van der Waals surface area (Å²) >= 11 is 3.41. The van der Waals surface area contributed by atoms with Crippen molar-refractivity contribution in [2.75, 3.05) is 26.7 Å². The highest BCUT2D eigenvalue weighted by Crippen LogP contribution is 2.21. The van der Waals surface area contributed by atoms with Crippen LogP contribution in [0.25, 0.3) is 0 Å². The Hall–Kier alpha value is -0.420. The molecule has 2 rings (SSSR count). The van der Waals surface area contributed by atoms with Crippen LogP contribution in [-0.2, 0) is 4.74 Å². The van der Waals surface area contributed by atoms with Crippen molar-refractivity contribution in [2.24, 2.45) is 0 Å². The molecule has 1 heterocycles. The van der Waals surface area contributed by atoms with Gasteiger partial charge < -0.3 is 14.7 Å². The summed E-state index contributed by atoms with van der Waals surface area (Å²) in [6.45, 7) is 3.10. The van der Waals surface area contributed by atoms with Gasteiger partial charge in [0, 0.05) is 31.2 Å². The Morgan fingerprint density at radius 2 is 1.95 bits per heavy atom. The molecule has 4 heteroatoms. The number of ether oxygens (including phenoxy) is 1. The van der Waals surface area contributed by atoms with Crippen LogP contribution < -0.4 is 0 Å². The number of nitrogens with zero attached hydrogens (tertiary/aromatic N) is 1. The fourth-order valence-corrected chi connectivity index (χ4v) is 2.79. The van der Waals surface area contributed by atoms with Crippen LogP contribution in [0.1, 0.15) is 30.9 Å². The van der Waals surface area contributed by atoms with Crippen LogP contribution in [0.4, 0.5) is 0 Å². The van der Waals surface area contributed by atoms with Gasteiger partial charge in [0.05, 0.1) is 12.2 Å². The molecule has 1 atom stereocenters. The number of likely N-dealkylation sites (tertiary alicyclic amines) is 1.